The van der Waals surface area contributed by atoms with E-state index >= 15 is 0 Å². The van der Waals surface area contributed by atoms with Crippen LogP contribution in [-0.4, -0.2) is 31.6 Å². The molecule has 4 nitrogen and oxygen atoms in total. The van der Waals surface area contributed by atoms with Gasteiger partial charge in [-0.15, -0.1) is 0 Å². The molecular formula is C14H20ClN3O. The summed E-state index contributed by atoms with van der Waals surface area (Å²) >= 11 is 5.99. The zero-order chi connectivity index (χ0) is 14.0. The first-order valence-electron chi connectivity index (χ1n) is 6.39. The summed E-state index contributed by atoms with van der Waals surface area (Å²) in [7, 11) is 1.75. The molecule has 1 saturated heterocycles. The number of halogens is 1. The van der Waals surface area contributed by atoms with Gasteiger partial charge in [-0.25, -0.2) is 0 Å². The first-order valence-corrected chi connectivity index (χ1v) is 6.77. The van der Waals surface area contributed by atoms with Crippen LogP contribution < -0.4 is 10.6 Å². The van der Waals surface area contributed by atoms with E-state index in [9.17, 15) is 0 Å². The number of benzene rings is 1. The molecule has 0 radical (unpaired) electrons. The number of ether oxygens (including phenoxy) is 1. The molecule has 0 spiro atoms. The molecule has 5 heteroatoms. The molecule has 1 aliphatic rings. The van der Waals surface area contributed by atoms with Gasteiger partial charge in [0.1, 0.15) is 5.84 Å². The number of rotatable bonds is 3. The van der Waals surface area contributed by atoms with E-state index in [1.165, 1.54) is 0 Å². The lowest BCUT2D eigenvalue weighted by molar-refractivity contribution is -0.00465. The van der Waals surface area contributed by atoms with Crippen molar-refractivity contribution in [1.29, 1.82) is 5.41 Å². The lowest BCUT2D eigenvalue weighted by Crippen LogP contribution is -2.48. The molecule has 1 unspecified atom stereocenters. The van der Waals surface area contributed by atoms with Crippen LogP contribution in [-0.2, 0) is 4.74 Å². The predicted molar refractivity (Wildman–Crippen MR) is 79.3 cm³/mol. The number of anilines is 1. The van der Waals surface area contributed by atoms with Gasteiger partial charge in [0.05, 0.1) is 5.60 Å². The van der Waals surface area contributed by atoms with Crippen LogP contribution in [0.3, 0.4) is 0 Å². The molecule has 1 aliphatic heterocycles. The second-order valence-corrected chi connectivity index (χ2v) is 5.69. The molecule has 104 valence electrons. The average Bonchev–Trinajstić information content (AvgIpc) is 2.38. The van der Waals surface area contributed by atoms with Crippen molar-refractivity contribution in [3.8, 4) is 0 Å². The van der Waals surface area contributed by atoms with Crippen molar-refractivity contribution in [3.05, 3.63) is 28.8 Å². The van der Waals surface area contributed by atoms with Gasteiger partial charge in [-0.05, 0) is 38.0 Å². The van der Waals surface area contributed by atoms with Gasteiger partial charge in [0.15, 0.2) is 0 Å². The average molecular weight is 282 g/mol. The molecule has 1 aromatic rings. The van der Waals surface area contributed by atoms with Gasteiger partial charge in [-0.2, -0.15) is 0 Å². The molecule has 1 atom stereocenters. The van der Waals surface area contributed by atoms with Crippen molar-refractivity contribution >= 4 is 23.1 Å². The number of nitrogen functional groups attached to an aromatic ring is 1. The van der Waals surface area contributed by atoms with Gasteiger partial charge in [0, 0.05) is 36.5 Å². The van der Waals surface area contributed by atoms with Crippen LogP contribution in [0.25, 0.3) is 0 Å². The van der Waals surface area contributed by atoms with Crippen molar-refractivity contribution < 1.29 is 4.74 Å². The maximum absolute atomic E-state index is 7.70. The molecule has 0 amide bonds. The third kappa shape index (κ3) is 3.01. The molecule has 0 aromatic heterocycles. The standard InChI is InChI=1S/C14H20ClN3O/c1-14(19-2)6-3-7-18(9-14)12-5-4-10(15)8-11(12)13(16)17/h4-5,8H,3,6-7,9H2,1-2H3,(H3,16,17). The van der Waals surface area contributed by atoms with Crippen LogP contribution in [0.5, 0.6) is 0 Å². The van der Waals surface area contributed by atoms with E-state index in [1.807, 2.05) is 12.1 Å². The lowest BCUT2D eigenvalue weighted by Gasteiger charge is -2.41. The van der Waals surface area contributed by atoms with Crippen molar-refractivity contribution in [3.63, 3.8) is 0 Å². The zero-order valence-electron chi connectivity index (χ0n) is 11.4. The predicted octanol–water partition coefficient (Wildman–Crippen LogP) is 2.63. The first kappa shape index (κ1) is 14.2. The Bertz CT molecular complexity index is 492. The fourth-order valence-electron chi connectivity index (χ4n) is 2.58. The smallest absolute Gasteiger partial charge is 0.124 e. The molecule has 1 fully saturated rings. The number of hydrogen-bond donors (Lipinski definition) is 2. The highest BCUT2D eigenvalue weighted by molar-refractivity contribution is 6.31. The third-order valence-electron chi connectivity index (χ3n) is 3.74. The van der Waals surface area contributed by atoms with Crippen LogP contribution in [0.2, 0.25) is 5.02 Å². The van der Waals surface area contributed by atoms with E-state index in [2.05, 4.69) is 11.8 Å². The number of piperidine rings is 1. The number of hydrogen-bond acceptors (Lipinski definition) is 3. The van der Waals surface area contributed by atoms with Crippen molar-refractivity contribution in [2.24, 2.45) is 5.73 Å². The fraction of sp³-hybridized carbons (Fsp3) is 0.500. The van der Waals surface area contributed by atoms with Gasteiger partial charge in [-0.3, -0.25) is 5.41 Å². The maximum atomic E-state index is 7.70. The molecule has 1 heterocycles. The number of nitrogens with zero attached hydrogens (tertiary/aromatic N) is 1. The minimum Gasteiger partial charge on any atom is -0.384 e. The Morgan fingerprint density at radius 1 is 1.53 bits per heavy atom. The maximum Gasteiger partial charge on any atom is 0.124 e. The third-order valence-corrected chi connectivity index (χ3v) is 3.98. The monoisotopic (exact) mass is 281 g/mol. The molecule has 0 aliphatic carbocycles. The van der Waals surface area contributed by atoms with Gasteiger partial charge >= 0.3 is 0 Å². The van der Waals surface area contributed by atoms with E-state index in [1.54, 1.807) is 13.2 Å². The molecule has 19 heavy (non-hydrogen) atoms. The second-order valence-electron chi connectivity index (χ2n) is 5.25. The first-order chi connectivity index (χ1) is 8.95. The number of nitrogens with two attached hydrogens (primary N) is 1. The molecular weight excluding hydrogens is 262 g/mol. The zero-order valence-corrected chi connectivity index (χ0v) is 12.1. The fourth-order valence-corrected chi connectivity index (χ4v) is 2.75. The molecule has 0 saturated carbocycles. The van der Waals surface area contributed by atoms with Gasteiger partial charge in [0.25, 0.3) is 0 Å². The summed E-state index contributed by atoms with van der Waals surface area (Å²) in [5.41, 5.74) is 7.16. The number of amidine groups is 1. The second kappa shape index (κ2) is 5.39. The summed E-state index contributed by atoms with van der Waals surface area (Å²) in [6, 6.07) is 5.51. The minimum absolute atomic E-state index is 0.0437. The number of methoxy groups -OCH3 is 1. The van der Waals surface area contributed by atoms with Crippen molar-refractivity contribution in [1.82, 2.24) is 0 Å². The Morgan fingerprint density at radius 3 is 2.89 bits per heavy atom. The Hall–Kier alpha value is -1.26. The van der Waals surface area contributed by atoms with Crippen LogP contribution >= 0.6 is 11.6 Å². The lowest BCUT2D eigenvalue weighted by atomic mass is 9.93. The van der Waals surface area contributed by atoms with Gasteiger partial charge in [0.2, 0.25) is 0 Å². The molecule has 1 aromatic carbocycles. The molecule has 3 N–H and O–H groups in total. The molecule has 0 bridgehead atoms. The highest BCUT2D eigenvalue weighted by Crippen LogP contribution is 2.31. The summed E-state index contributed by atoms with van der Waals surface area (Å²) in [6.07, 6.45) is 2.10. The highest BCUT2D eigenvalue weighted by atomic mass is 35.5. The van der Waals surface area contributed by atoms with Crippen LogP contribution in [0.4, 0.5) is 5.69 Å². The van der Waals surface area contributed by atoms with E-state index < -0.39 is 0 Å². The highest BCUT2D eigenvalue weighted by Gasteiger charge is 2.31. The minimum atomic E-state index is -0.147. The number of nitrogens with one attached hydrogen (secondary N) is 1. The largest absolute Gasteiger partial charge is 0.384 e. The Balaban J connectivity index is 2.33. The van der Waals surface area contributed by atoms with Crippen molar-refractivity contribution in [2.75, 3.05) is 25.1 Å². The van der Waals surface area contributed by atoms with Gasteiger partial charge in [-0.1, -0.05) is 11.6 Å². The topological polar surface area (TPSA) is 62.3 Å². The summed E-state index contributed by atoms with van der Waals surface area (Å²) < 4.78 is 5.60. The SMILES string of the molecule is COC1(C)CCCN(c2ccc(Cl)cc2C(=N)N)C1. The van der Waals surface area contributed by atoms with Crippen LogP contribution in [0.15, 0.2) is 18.2 Å². The summed E-state index contributed by atoms with van der Waals surface area (Å²) in [5, 5.41) is 8.29. The summed E-state index contributed by atoms with van der Waals surface area (Å²) in [4.78, 5) is 2.22. The Morgan fingerprint density at radius 2 is 2.26 bits per heavy atom. The van der Waals surface area contributed by atoms with E-state index in [0.29, 0.717) is 10.6 Å². The van der Waals surface area contributed by atoms with Gasteiger partial charge < -0.3 is 15.4 Å². The normalized spacial score (nSPS) is 23.4. The van der Waals surface area contributed by atoms with Crippen LogP contribution in [0.1, 0.15) is 25.3 Å². The Labute approximate surface area is 119 Å². The van der Waals surface area contributed by atoms with Crippen molar-refractivity contribution in [2.45, 2.75) is 25.4 Å². The van der Waals surface area contributed by atoms with E-state index in [4.69, 9.17) is 27.5 Å². The van der Waals surface area contributed by atoms with E-state index in [-0.39, 0.29) is 11.4 Å². The summed E-state index contributed by atoms with van der Waals surface area (Å²) in [6.45, 7) is 3.86. The molecule has 2 rings (SSSR count). The summed E-state index contributed by atoms with van der Waals surface area (Å²) in [5.74, 6) is 0.0437. The van der Waals surface area contributed by atoms with Crippen LogP contribution in [0, 0.1) is 5.41 Å². The van der Waals surface area contributed by atoms with E-state index in [0.717, 1.165) is 31.6 Å². The Kier molecular flexibility index (Phi) is 4.02. The quantitative estimate of drug-likeness (QED) is 0.661.